The molecule has 2 rings (SSSR count). The number of nitrogens with one attached hydrogen (secondary N) is 1. The molecule has 0 atom stereocenters. The molecule has 0 saturated carbocycles. The van der Waals surface area contributed by atoms with E-state index in [4.69, 9.17) is 16.3 Å². The van der Waals surface area contributed by atoms with Crippen LogP contribution in [0.2, 0.25) is 5.02 Å². The number of hydrogen-bond acceptors (Lipinski definition) is 6. The van der Waals surface area contributed by atoms with E-state index in [1.807, 2.05) is 4.90 Å². The number of nitrogens with zero attached hydrogens (tertiary/aromatic N) is 3. The normalized spacial score (nSPS) is 14.5. The fourth-order valence-electron chi connectivity index (χ4n) is 3.01. The van der Waals surface area contributed by atoms with Crippen molar-refractivity contribution in [2.45, 2.75) is 39.2 Å². The van der Waals surface area contributed by atoms with Gasteiger partial charge in [0.2, 0.25) is 5.91 Å². The number of carbonyl (C=O) groups excluding carboxylic acids is 2. The predicted molar refractivity (Wildman–Crippen MR) is 110 cm³/mol. The predicted octanol–water partition coefficient (Wildman–Crippen LogP) is 3.20. The molecule has 1 saturated heterocycles. The standard InChI is InChI=1S/C19H27ClN4O5/c1-19(2,3)29-18(26)21-8-4-5-17(25)23-11-9-22(10-12-23)15-7-6-14(20)13-16(15)24(27)28/h6-7,13H,4-5,8-12H2,1-3H3,(H,21,26). The molecule has 160 valence electrons. The van der Waals surface area contributed by atoms with Crippen LogP contribution in [0.4, 0.5) is 16.2 Å². The molecule has 0 aromatic heterocycles. The summed E-state index contributed by atoms with van der Waals surface area (Å²) in [7, 11) is 0. The van der Waals surface area contributed by atoms with Gasteiger partial charge in [-0.25, -0.2) is 4.79 Å². The van der Waals surface area contributed by atoms with Gasteiger partial charge in [-0.3, -0.25) is 14.9 Å². The van der Waals surface area contributed by atoms with Gasteiger partial charge in [0.25, 0.3) is 5.69 Å². The average molecular weight is 427 g/mol. The number of alkyl carbamates (subject to hydrolysis) is 1. The van der Waals surface area contributed by atoms with E-state index in [9.17, 15) is 19.7 Å². The van der Waals surface area contributed by atoms with Gasteiger partial charge in [0.05, 0.1) is 4.92 Å². The van der Waals surface area contributed by atoms with Crippen LogP contribution < -0.4 is 10.2 Å². The highest BCUT2D eigenvalue weighted by Crippen LogP contribution is 2.31. The van der Waals surface area contributed by atoms with Crippen LogP contribution in [0, 0.1) is 10.1 Å². The summed E-state index contributed by atoms with van der Waals surface area (Å²) in [6.45, 7) is 7.69. The lowest BCUT2D eigenvalue weighted by atomic mass is 10.2. The van der Waals surface area contributed by atoms with Crippen LogP contribution in [0.5, 0.6) is 0 Å². The molecule has 2 amide bonds. The quantitative estimate of drug-likeness (QED) is 0.425. The van der Waals surface area contributed by atoms with Crippen LogP contribution in [0.25, 0.3) is 0 Å². The summed E-state index contributed by atoms with van der Waals surface area (Å²) in [6.07, 6.45) is 0.334. The second-order valence-corrected chi connectivity index (χ2v) is 8.23. The maximum absolute atomic E-state index is 12.4. The van der Waals surface area contributed by atoms with E-state index in [0.29, 0.717) is 56.3 Å². The molecule has 0 unspecified atom stereocenters. The molecule has 0 spiro atoms. The molecule has 1 aromatic rings. The number of piperazine rings is 1. The second kappa shape index (κ2) is 9.78. The maximum Gasteiger partial charge on any atom is 0.407 e. The number of ether oxygens (including phenoxy) is 1. The Labute approximate surface area is 175 Å². The van der Waals surface area contributed by atoms with E-state index in [1.54, 1.807) is 37.8 Å². The minimum Gasteiger partial charge on any atom is -0.444 e. The van der Waals surface area contributed by atoms with Gasteiger partial charge >= 0.3 is 6.09 Å². The van der Waals surface area contributed by atoms with E-state index < -0.39 is 16.6 Å². The lowest BCUT2D eigenvalue weighted by Crippen LogP contribution is -2.49. The summed E-state index contributed by atoms with van der Waals surface area (Å²) in [5.41, 5.74) is -0.0859. The Balaban J connectivity index is 1.77. The first-order chi connectivity index (χ1) is 13.6. The number of halogens is 1. The topological polar surface area (TPSA) is 105 Å². The number of hydrogen-bond donors (Lipinski definition) is 1. The Hall–Kier alpha value is -2.55. The van der Waals surface area contributed by atoms with Gasteiger partial charge < -0.3 is 19.9 Å². The van der Waals surface area contributed by atoms with Gasteiger partial charge in [0.1, 0.15) is 11.3 Å². The van der Waals surface area contributed by atoms with Crippen LogP contribution in [-0.4, -0.2) is 60.1 Å². The SMILES string of the molecule is CC(C)(C)OC(=O)NCCCC(=O)N1CCN(c2ccc(Cl)cc2[N+](=O)[O-])CC1. The van der Waals surface area contributed by atoms with Gasteiger partial charge in [-0.05, 0) is 39.3 Å². The minimum atomic E-state index is -0.557. The van der Waals surface area contributed by atoms with Crippen molar-refractivity contribution in [3.05, 3.63) is 33.3 Å². The average Bonchev–Trinajstić information content (AvgIpc) is 2.63. The first-order valence-corrected chi connectivity index (χ1v) is 9.88. The van der Waals surface area contributed by atoms with Gasteiger partial charge in [0, 0.05) is 50.2 Å². The smallest absolute Gasteiger partial charge is 0.407 e. The third kappa shape index (κ3) is 7.08. The minimum absolute atomic E-state index is 0.00115. The molecule has 1 aliphatic rings. The summed E-state index contributed by atoms with van der Waals surface area (Å²) < 4.78 is 5.14. The molecule has 10 heteroatoms. The van der Waals surface area contributed by atoms with E-state index in [2.05, 4.69) is 5.32 Å². The first kappa shape index (κ1) is 22.7. The van der Waals surface area contributed by atoms with Crippen molar-refractivity contribution in [2.24, 2.45) is 0 Å². The number of carbonyl (C=O) groups is 2. The van der Waals surface area contributed by atoms with Crippen molar-refractivity contribution in [2.75, 3.05) is 37.6 Å². The number of nitro benzene ring substituents is 1. The summed E-state index contributed by atoms with van der Waals surface area (Å²) >= 11 is 5.87. The summed E-state index contributed by atoms with van der Waals surface area (Å²) in [6, 6.07) is 4.60. The molecule has 0 bridgehead atoms. The number of benzene rings is 1. The van der Waals surface area contributed by atoms with Crippen molar-refractivity contribution in [1.29, 1.82) is 0 Å². The van der Waals surface area contributed by atoms with Crippen molar-refractivity contribution < 1.29 is 19.2 Å². The van der Waals surface area contributed by atoms with Gasteiger partial charge in [0.15, 0.2) is 0 Å². The lowest BCUT2D eigenvalue weighted by Gasteiger charge is -2.36. The number of anilines is 1. The van der Waals surface area contributed by atoms with E-state index >= 15 is 0 Å². The Morgan fingerprint density at radius 3 is 2.48 bits per heavy atom. The molecule has 0 radical (unpaired) electrons. The summed E-state index contributed by atoms with van der Waals surface area (Å²) in [5, 5.41) is 14.2. The molecule has 1 heterocycles. The third-order valence-corrected chi connectivity index (χ3v) is 4.58. The van der Waals surface area contributed by atoms with E-state index in [0.717, 1.165) is 0 Å². The molecule has 9 nitrogen and oxygen atoms in total. The largest absolute Gasteiger partial charge is 0.444 e. The van der Waals surface area contributed by atoms with Crippen LogP contribution in [0.3, 0.4) is 0 Å². The first-order valence-electron chi connectivity index (χ1n) is 9.50. The zero-order chi connectivity index (χ0) is 21.6. The number of rotatable bonds is 6. The van der Waals surface area contributed by atoms with Crippen molar-refractivity contribution in [3.63, 3.8) is 0 Å². The summed E-state index contributed by atoms with van der Waals surface area (Å²) in [4.78, 5) is 38.4. The highest BCUT2D eigenvalue weighted by Gasteiger charge is 2.26. The Kier molecular flexibility index (Phi) is 7.66. The summed E-state index contributed by atoms with van der Waals surface area (Å²) in [5.74, 6) is 0.00115. The highest BCUT2D eigenvalue weighted by molar-refractivity contribution is 6.30. The Morgan fingerprint density at radius 1 is 1.24 bits per heavy atom. The fraction of sp³-hybridized carbons (Fsp3) is 0.579. The molecule has 0 aliphatic carbocycles. The molecule has 1 N–H and O–H groups in total. The Morgan fingerprint density at radius 2 is 1.90 bits per heavy atom. The lowest BCUT2D eigenvalue weighted by molar-refractivity contribution is -0.384. The second-order valence-electron chi connectivity index (χ2n) is 7.79. The van der Waals surface area contributed by atoms with Crippen LogP contribution in [-0.2, 0) is 9.53 Å². The number of nitro groups is 1. The monoisotopic (exact) mass is 426 g/mol. The zero-order valence-electron chi connectivity index (χ0n) is 16.9. The molecular weight excluding hydrogens is 400 g/mol. The van der Waals surface area contributed by atoms with Gasteiger partial charge in [-0.1, -0.05) is 11.6 Å². The van der Waals surface area contributed by atoms with Crippen molar-refractivity contribution >= 4 is 35.0 Å². The molecule has 1 fully saturated rings. The van der Waals surface area contributed by atoms with E-state index in [-0.39, 0.29) is 11.6 Å². The van der Waals surface area contributed by atoms with Crippen LogP contribution >= 0.6 is 11.6 Å². The fourth-order valence-corrected chi connectivity index (χ4v) is 3.18. The van der Waals surface area contributed by atoms with Gasteiger partial charge in [-0.2, -0.15) is 0 Å². The molecular formula is C19H27ClN4O5. The molecule has 29 heavy (non-hydrogen) atoms. The maximum atomic E-state index is 12.4. The van der Waals surface area contributed by atoms with Crippen molar-refractivity contribution in [1.82, 2.24) is 10.2 Å². The zero-order valence-corrected chi connectivity index (χ0v) is 17.7. The molecule has 1 aliphatic heterocycles. The van der Waals surface area contributed by atoms with E-state index in [1.165, 1.54) is 6.07 Å². The van der Waals surface area contributed by atoms with Gasteiger partial charge in [-0.15, -0.1) is 0 Å². The van der Waals surface area contributed by atoms with Crippen LogP contribution in [0.1, 0.15) is 33.6 Å². The Bertz CT molecular complexity index is 757. The number of amides is 2. The van der Waals surface area contributed by atoms with Crippen LogP contribution in [0.15, 0.2) is 18.2 Å². The highest BCUT2D eigenvalue weighted by atomic mass is 35.5. The van der Waals surface area contributed by atoms with Crippen molar-refractivity contribution in [3.8, 4) is 0 Å². The third-order valence-electron chi connectivity index (χ3n) is 4.34. The molecule has 1 aromatic carbocycles.